The van der Waals surface area contributed by atoms with Crippen molar-refractivity contribution in [3.63, 3.8) is 0 Å². The fourth-order valence-electron chi connectivity index (χ4n) is 2.57. The fourth-order valence-corrected chi connectivity index (χ4v) is 3.48. The van der Waals surface area contributed by atoms with Crippen molar-refractivity contribution in [2.24, 2.45) is 0 Å². The third-order valence-electron chi connectivity index (χ3n) is 4.38. The predicted molar refractivity (Wildman–Crippen MR) is 124 cm³/mol. The second-order valence-corrected chi connectivity index (χ2v) is 7.98. The van der Waals surface area contributed by atoms with Gasteiger partial charge in [-0.3, -0.25) is 19.2 Å². The van der Waals surface area contributed by atoms with Gasteiger partial charge in [0, 0.05) is 25.4 Å². The molecule has 180 valence electrons. The number of rotatable bonds is 16. The van der Waals surface area contributed by atoms with E-state index in [-0.39, 0.29) is 47.1 Å². The van der Waals surface area contributed by atoms with Crippen molar-refractivity contribution in [3.8, 4) is 0 Å². The maximum Gasteiger partial charge on any atom is 0.243 e. The summed E-state index contributed by atoms with van der Waals surface area (Å²) in [6, 6.07) is 7.69. The van der Waals surface area contributed by atoms with E-state index >= 15 is 0 Å². The Balaban J connectivity index is 2.60. The van der Waals surface area contributed by atoms with Crippen LogP contribution < -0.4 is 26.4 Å². The van der Waals surface area contributed by atoms with Crippen molar-refractivity contribution in [2.75, 3.05) is 26.3 Å². The van der Waals surface area contributed by atoms with Gasteiger partial charge in [0.15, 0.2) is 0 Å². The number of hydrogen-bond donors (Lipinski definition) is 5. The van der Waals surface area contributed by atoms with Gasteiger partial charge in [0.2, 0.25) is 23.6 Å². The van der Waals surface area contributed by atoms with Crippen molar-refractivity contribution in [2.45, 2.75) is 31.3 Å². The number of carbonyl (C=O) groups is 6. The summed E-state index contributed by atoms with van der Waals surface area (Å²) in [5.74, 6) is -2.01. The number of hydrogen-bond acceptors (Lipinski definition) is 7. The van der Waals surface area contributed by atoms with Crippen molar-refractivity contribution in [1.82, 2.24) is 26.4 Å². The quantitative estimate of drug-likeness (QED) is 0.141. The van der Waals surface area contributed by atoms with Crippen LogP contribution in [0.25, 0.3) is 0 Å². The molecule has 3 atom stereocenters. The van der Waals surface area contributed by atoms with E-state index in [4.69, 9.17) is 0 Å². The van der Waals surface area contributed by atoms with Crippen LogP contribution >= 0.6 is 8.73 Å². The van der Waals surface area contributed by atoms with Gasteiger partial charge >= 0.3 is 0 Å². The minimum atomic E-state index is -0.967. The van der Waals surface area contributed by atoms with Gasteiger partial charge in [-0.1, -0.05) is 30.3 Å². The summed E-state index contributed by atoms with van der Waals surface area (Å²) in [6.45, 7) is -0.637. The highest BCUT2D eigenvalue weighted by atomic mass is 31.1. The van der Waals surface area contributed by atoms with E-state index in [2.05, 4.69) is 26.4 Å². The first-order valence-corrected chi connectivity index (χ1v) is 11.6. The Morgan fingerprint density at radius 1 is 0.970 bits per heavy atom. The molecule has 0 spiro atoms. The molecule has 12 heteroatoms. The maximum atomic E-state index is 12.7. The molecule has 0 fully saturated rings. The highest BCUT2D eigenvalue weighted by Crippen LogP contribution is 2.05. The number of carbonyl (C=O) groups excluding carboxylic acids is 6. The van der Waals surface area contributed by atoms with Crippen LogP contribution in [0.2, 0.25) is 0 Å². The van der Waals surface area contributed by atoms with Crippen LogP contribution in [-0.2, 0) is 35.2 Å². The van der Waals surface area contributed by atoms with Crippen molar-refractivity contribution in [1.29, 1.82) is 0 Å². The zero-order valence-corrected chi connectivity index (χ0v) is 19.4. The van der Waals surface area contributed by atoms with Crippen LogP contribution in [0.15, 0.2) is 30.3 Å². The molecule has 1 aromatic carbocycles. The smallest absolute Gasteiger partial charge is 0.243 e. The van der Waals surface area contributed by atoms with Gasteiger partial charge in [-0.15, -0.1) is 0 Å². The molecule has 33 heavy (non-hydrogen) atoms. The summed E-state index contributed by atoms with van der Waals surface area (Å²) in [7, 11) is 1.64. The standard InChI is InChI=1S/C21H30N5O6P/c1-22-16(13-28)14-33-26-20(31)12-24-21(32)17(10-15-6-3-2-4-7-15)25-19(30)11-23-18(29)8-5-9-27/h2-4,6-7,9,13,16-17,22,33H,5,8,10-12,14H2,1H3,(H,23,29)(H,24,32)(H,25,30)(H,26,31)/t16-,17+/m1/s1. The molecule has 5 N–H and O–H groups in total. The highest BCUT2D eigenvalue weighted by Gasteiger charge is 2.22. The molecule has 1 aromatic rings. The Hall–Kier alpha value is -3.17. The van der Waals surface area contributed by atoms with E-state index in [1.54, 1.807) is 31.3 Å². The lowest BCUT2D eigenvalue weighted by atomic mass is 10.1. The van der Waals surface area contributed by atoms with Crippen LogP contribution in [0.5, 0.6) is 0 Å². The molecule has 0 aromatic heterocycles. The summed E-state index contributed by atoms with van der Waals surface area (Å²) >= 11 is 0. The van der Waals surface area contributed by atoms with E-state index in [1.165, 1.54) is 0 Å². The lowest BCUT2D eigenvalue weighted by Crippen LogP contribution is -2.51. The lowest BCUT2D eigenvalue weighted by Gasteiger charge is -2.19. The molecular weight excluding hydrogens is 449 g/mol. The lowest BCUT2D eigenvalue weighted by molar-refractivity contribution is -0.130. The van der Waals surface area contributed by atoms with E-state index in [9.17, 15) is 28.8 Å². The van der Waals surface area contributed by atoms with E-state index in [1.807, 2.05) is 6.07 Å². The second-order valence-electron chi connectivity index (χ2n) is 6.97. The van der Waals surface area contributed by atoms with Gasteiger partial charge in [0.25, 0.3) is 0 Å². The topological polar surface area (TPSA) is 163 Å². The summed E-state index contributed by atoms with van der Waals surface area (Å²) in [5, 5.41) is 12.9. The first-order chi connectivity index (χ1) is 15.9. The molecule has 0 saturated heterocycles. The molecule has 11 nitrogen and oxygen atoms in total. The van der Waals surface area contributed by atoms with E-state index < -0.39 is 29.7 Å². The number of aldehydes is 2. The molecule has 0 radical (unpaired) electrons. The number of likely N-dealkylation sites (N-methyl/N-ethyl adjacent to an activating group) is 1. The highest BCUT2D eigenvalue weighted by molar-refractivity contribution is 7.36. The molecule has 0 aliphatic rings. The van der Waals surface area contributed by atoms with Gasteiger partial charge < -0.3 is 35.9 Å². The van der Waals surface area contributed by atoms with Crippen LogP contribution in [0.4, 0.5) is 0 Å². The average Bonchev–Trinajstić information content (AvgIpc) is 2.82. The van der Waals surface area contributed by atoms with Gasteiger partial charge in [-0.2, -0.15) is 0 Å². The average molecular weight is 479 g/mol. The van der Waals surface area contributed by atoms with Gasteiger partial charge in [0.1, 0.15) is 18.6 Å². The van der Waals surface area contributed by atoms with E-state index in [0.29, 0.717) is 12.4 Å². The van der Waals surface area contributed by atoms with E-state index in [0.717, 1.165) is 11.8 Å². The maximum absolute atomic E-state index is 12.7. The number of nitrogens with one attached hydrogen (secondary N) is 5. The van der Waals surface area contributed by atoms with Crippen molar-refractivity contribution in [3.05, 3.63) is 35.9 Å². The molecule has 1 unspecified atom stereocenters. The summed E-state index contributed by atoms with van der Waals surface area (Å²) in [4.78, 5) is 69.5. The normalized spacial score (nSPS) is 12.4. The van der Waals surface area contributed by atoms with Crippen LogP contribution in [0.1, 0.15) is 18.4 Å². The Morgan fingerprint density at radius 2 is 1.67 bits per heavy atom. The molecule has 0 aliphatic carbocycles. The number of benzene rings is 1. The van der Waals surface area contributed by atoms with Gasteiger partial charge in [-0.25, -0.2) is 0 Å². The zero-order valence-electron chi connectivity index (χ0n) is 18.4. The summed E-state index contributed by atoms with van der Waals surface area (Å²) < 4.78 is 0. The largest absolute Gasteiger partial charge is 0.347 e. The fraction of sp³-hybridized carbons (Fsp3) is 0.429. The van der Waals surface area contributed by atoms with Crippen molar-refractivity contribution >= 4 is 44.9 Å². The van der Waals surface area contributed by atoms with Crippen LogP contribution in [-0.4, -0.2) is 74.6 Å². The van der Waals surface area contributed by atoms with Crippen LogP contribution in [0, 0.1) is 0 Å². The Kier molecular flexibility index (Phi) is 13.9. The Bertz CT molecular complexity index is 808. The zero-order chi connectivity index (χ0) is 24.5. The first kappa shape index (κ1) is 27.9. The second kappa shape index (κ2) is 16.5. The van der Waals surface area contributed by atoms with Gasteiger partial charge in [0.05, 0.1) is 19.1 Å². The Labute approximate surface area is 194 Å². The third-order valence-corrected chi connectivity index (χ3v) is 5.48. The number of amides is 4. The minimum absolute atomic E-state index is 0.000981. The minimum Gasteiger partial charge on any atom is -0.347 e. The van der Waals surface area contributed by atoms with Gasteiger partial charge in [-0.05, 0) is 21.3 Å². The van der Waals surface area contributed by atoms with Crippen molar-refractivity contribution < 1.29 is 28.8 Å². The summed E-state index contributed by atoms with van der Waals surface area (Å²) in [6.07, 6.45) is 2.01. The Morgan fingerprint density at radius 3 is 2.30 bits per heavy atom. The molecule has 1 rings (SSSR count). The molecule has 0 saturated carbocycles. The monoisotopic (exact) mass is 479 g/mol. The van der Waals surface area contributed by atoms with Crippen LogP contribution in [0.3, 0.4) is 0 Å². The molecule has 0 bridgehead atoms. The molecule has 0 heterocycles. The first-order valence-electron chi connectivity index (χ1n) is 10.3. The molecule has 4 amide bonds. The molecule has 0 aliphatic heterocycles. The third kappa shape index (κ3) is 12.4. The SMILES string of the molecule is CN[C@H](C=O)CPNC(=O)CNC(=O)[C@H](Cc1ccccc1)NC(=O)CNC(=O)CCC=O. The summed E-state index contributed by atoms with van der Waals surface area (Å²) in [5.41, 5.74) is 0.797. The molecular formula is C21H30N5O6P. The predicted octanol–water partition coefficient (Wildman–Crippen LogP) is -1.58.